The van der Waals surface area contributed by atoms with Gasteiger partial charge in [0.1, 0.15) is 0 Å². The Bertz CT molecular complexity index is 1290. The molecule has 0 unspecified atom stereocenters. The van der Waals surface area contributed by atoms with Crippen LogP contribution in [-0.4, -0.2) is 46.9 Å². The fraction of sp³-hybridized carbons (Fsp3) is 0.360. The first-order valence-electron chi connectivity index (χ1n) is 11.5. The SMILES string of the molecule is CCCCc1[nH]n(C)c(=O)c1Cc1ccc(-c2ccccc2-c2nnn[n]2[Sn]([CH3])([CH3])[CH3])cc1. The summed E-state index contributed by atoms with van der Waals surface area (Å²) in [6, 6.07) is 16.8. The van der Waals surface area contributed by atoms with Gasteiger partial charge in [-0.1, -0.05) is 13.3 Å². The molecule has 2 aromatic heterocycles. The van der Waals surface area contributed by atoms with Gasteiger partial charge in [-0.3, -0.25) is 0 Å². The van der Waals surface area contributed by atoms with Crippen LogP contribution >= 0.6 is 0 Å². The van der Waals surface area contributed by atoms with Gasteiger partial charge in [-0.25, -0.2) is 0 Å². The van der Waals surface area contributed by atoms with Crippen molar-refractivity contribution in [1.29, 1.82) is 0 Å². The van der Waals surface area contributed by atoms with Gasteiger partial charge in [0, 0.05) is 7.05 Å². The predicted molar refractivity (Wildman–Crippen MR) is 135 cm³/mol. The molecule has 0 atom stereocenters. The zero-order valence-corrected chi connectivity index (χ0v) is 22.9. The first-order valence-corrected chi connectivity index (χ1v) is 21.4. The quantitative estimate of drug-likeness (QED) is 0.324. The van der Waals surface area contributed by atoms with Gasteiger partial charge >= 0.3 is 173 Å². The van der Waals surface area contributed by atoms with E-state index in [1.54, 1.807) is 11.7 Å². The third-order valence-corrected chi connectivity index (χ3v) is 10.4. The number of H-pyrrole nitrogens is 1. The Hall–Kier alpha value is -2.68. The molecule has 0 radical (unpaired) electrons. The van der Waals surface area contributed by atoms with Gasteiger partial charge in [0.25, 0.3) is 0 Å². The normalized spacial score (nSPS) is 11.8. The Labute approximate surface area is 199 Å². The number of aromatic nitrogens is 6. The molecule has 0 aliphatic carbocycles. The molecule has 8 heteroatoms. The second kappa shape index (κ2) is 9.67. The summed E-state index contributed by atoms with van der Waals surface area (Å²) in [5.41, 5.74) is 6.38. The third kappa shape index (κ3) is 4.97. The van der Waals surface area contributed by atoms with Gasteiger partial charge in [0.2, 0.25) is 0 Å². The van der Waals surface area contributed by atoms with Gasteiger partial charge in [-0.05, 0) is 6.42 Å². The minimum atomic E-state index is -2.54. The fourth-order valence-corrected chi connectivity index (χ4v) is 7.30. The topological polar surface area (TPSA) is 81.4 Å². The Morgan fingerprint density at radius 3 is 2.36 bits per heavy atom. The molecule has 0 saturated heterocycles. The summed E-state index contributed by atoms with van der Waals surface area (Å²) in [5, 5.41) is 15.9. The van der Waals surface area contributed by atoms with E-state index in [4.69, 9.17) is 0 Å². The molecule has 2 aromatic carbocycles. The number of hydrogen-bond donors (Lipinski definition) is 1. The Balaban J connectivity index is 1.65. The number of nitrogens with zero attached hydrogens (tertiary/aromatic N) is 5. The second-order valence-corrected chi connectivity index (χ2v) is 23.1. The number of unbranched alkanes of at least 4 members (excludes halogenated alkanes) is 1. The standard InChI is InChI=1S/C22H24N6O.3CH3.Sn/c1-3-4-9-20-19(22(29)28(2)25-20)14-15-10-12-16(13-11-15)17-7-5-6-8-18(17)21-23-26-27-24-21;;;;/h5-8,10-13H,3-4,9,14H2,1-2H3,(H2,23,24,25,26,27,29);3*1H3;/q;;;;+1/p-1. The maximum atomic E-state index is 12.6. The van der Waals surface area contributed by atoms with Crippen LogP contribution in [0.2, 0.25) is 14.8 Å². The first-order chi connectivity index (χ1) is 15.8. The van der Waals surface area contributed by atoms with Crippen molar-refractivity contribution in [2.24, 2.45) is 7.05 Å². The van der Waals surface area contributed by atoms with Gasteiger partial charge in [0.05, 0.1) is 0 Å². The maximum absolute atomic E-state index is 12.6. The van der Waals surface area contributed by atoms with E-state index in [0.717, 1.165) is 58.6 Å². The molecule has 1 N–H and O–H groups in total. The van der Waals surface area contributed by atoms with E-state index < -0.39 is 18.7 Å². The summed E-state index contributed by atoms with van der Waals surface area (Å²) in [4.78, 5) is 19.5. The molecular weight excluding hydrogens is 519 g/mol. The summed E-state index contributed by atoms with van der Waals surface area (Å²) < 4.78 is 3.66. The molecule has 0 saturated carbocycles. The number of aromatic amines is 1. The van der Waals surface area contributed by atoms with E-state index in [1.165, 1.54) is 0 Å². The summed E-state index contributed by atoms with van der Waals surface area (Å²) >= 11 is -2.54. The molecule has 0 bridgehead atoms. The number of hydrogen-bond acceptors (Lipinski definition) is 4. The van der Waals surface area contributed by atoms with Crippen molar-refractivity contribution in [2.75, 3.05) is 0 Å². The van der Waals surface area contributed by atoms with Crippen LogP contribution in [0.3, 0.4) is 0 Å². The van der Waals surface area contributed by atoms with Crippen molar-refractivity contribution < 1.29 is 0 Å². The van der Waals surface area contributed by atoms with Crippen LogP contribution in [0.5, 0.6) is 0 Å². The number of rotatable bonds is 8. The average molecular weight is 551 g/mol. The van der Waals surface area contributed by atoms with Gasteiger partial charge in [-0.15, -0.1) is 0 Å². The second-order valence-electron chi connectivity index (χ2n) is 9.54. The van der Waals surface area contributed by atoms with Crippen LogP contribution in [0.4, 0.5) is 0 Å². The Kier molecular flexibility index (Phi) is 6.88. The molecule has 172 valence electrons. The van der Waals surface area contributed by atoms with Crippen molar-refractivity contribution in [2.45, 2.75) is 47.4 Å². The Morgan fingerprint density at radius 2 is 1.70 bits per heavy atom. The first kappa shape index (κ1) is 23.5. The monoisotopic (exact) mass is 552 g/mol. The van der Waals surface area contributed by atoms with Crippen LogP contribution in [0.15, 0.2) is 53.3 Å². The van der Waals surface area contributed by atoms with Gasteiger partial charge < -0.3 is 0 Å². The van der Waals surface area contributed by atoms with Crippen LogP contribution in [0, 0.1) is 0 Å². The molecule has 0 fully saturated rings. The van der Waals surface area contributed by atoms with E-state index in [1.807, 2.05) is 12.1 Å². The third-order valence-electron chi connectivity index (χ3n) is 5.93. The molecule has 2 heterocycles. The van der Waals surface area contributed by atoms with Crippen molar-refractivity contribution >= 4 is 18.7 Å². The molecule has 4 aromatic rings. The molecule has 0 spiro atoms. The predicted octanol–water partition coefficient (Wildman–Crippen LogP) is 4.65. The van der Waals surface area contributed by atoms with Crippen molar-refractivity contribution in [1.82, 2.24) is 28.2 Å². The van der Waals surface area contributed by atoms with Crippen molar-refractivity contribution in [3.8, 4) is 22.5 Å². The molecular formula is C25H32N6OSn. The van der Waals surface area contributed by atoms with E-state index in [2.05, 4.69) is 81.7 Å². The molecule has 33 heavy (non-hydrogen) atoms. The summed E-state index contributed by atoms with van der Waals surface area (Å²) in [7, 11) is 1.79. The van der Waals surface area contributed by atoms with Crippen LogP contribution < -0.4 is 5.56 Å². The number of tetrazole rings is 1. The number of aryl methyl sites for hydroxylation is 2. The summed E-state index contributed by atoms with van der Waals surface area (Å²) in [6.07, 6.45) is 3.71. The van der Waals surface area contributed by atoms with Crippen molar-refractivity contribution in [3.63, 3.8) is 0 Å². The molecule has 0 aliphatic heterocycles. The minimum absolute atomic E-state index is 0.0656. The van der Waals surface area contributed by atoms with Crippen molar-refractivity contribution in [3.05, 3.63) is 75.7 Å². The zero-order chi connectivity index (χ0) is 23.6. The number of benzene rings is 2. The number of nitrogens with one attached hydrogen (secondary N) is 1. The van der Waals surface area contributed by atoms with Gasteiger partial charge in [-0.2, -0.15) is 0 Å². The van der Waals surface area contributed by atoms with E-state index in [9.17, 15) is 4.79 Å². The fourth-order valence-electron chi connectivity index (χ4n) is 4.14. The zero-order valence-electron chi connectivity index (χ0n) is 20.1. The van der Waals surface area contributed by atoms with E-state index >= 15 is 0 Å². The van der Waals surface area contributed by atoms with Crippen LogP contribution in [-0.2, 0) is 19.9 Å². The van der Waals surface area contributed by atoms with E-state index in [-0.39, 0.29) is 5.56 Å². The molecule has 4 rings (SSSR count). The molecule has 0 aliphatic rings. The summed E-state index contributed by atoms with van der Waals surface area (Å²) in [5.74, 6) is 0.842. The molecule has 0 amide bonds. The Morgan fingerprint density at radius 1 is 1.00 bits per heavy atom. The van der Waals surface area contributed by atoms with Crippen LogP contribution in [0.1, 0.15) is 36.6 Å². The van der Waals surface area contributed by atoms with Gasteiger partial charge in [0.15, 0.2) is 0 Å². The van der Waals surface area contributed by atoms with Crippen LogP contribution in [0.25, 0.3) is 22.5 Å². The average Bonchev–Trinajstić information content (AvgIpc) is 3.39. The van der Waals surface area contributed by atoms with E-state index in [0.29, 0.717) is 6.42 Å². The summed E-state index contributed by atoms with van der Waals surface area (Å²) in [6.45, 7) is 2.17. The molecule has 7 nitrogen and oxygen atoms in total.